The molecular weight excluding hydrogens is 340 g/mol. The number of hydrogen-bond acceptors (Lipinski definition) is 4. The van der Waals surface area contributed by atoms with Gasteiger partial charge in [-0.25, -0.2) is 5.10 Å². The molecule has 6 heteroatoms. The number of carbonyl (C=O) groups is 1. The van der Waals surface area contributed by atoms with E-state index in [1.807, 2.05) is 48.2 Å². The average molecular weight is 362 g/mol. The monoisotopic (exact) mass is 362 g/mol. The normalized spacial score (nSPS) is 14.5. The van der Waals surface area contributed by atoms with E-state index < -0.39 is 0 Å². The summed E-state index contributed by atoms with van der Waals surface area (Å²) in [7, 11) is 0. The first kappa shape index (κ1) is 17.4. The number of H-pyrrole nitrogens is 1. The fourth-order valence-electron chi connectivity index (χ4n) is 3.55. The van der Waals surface area contributed by atoms with Crippen LogP contribution in [0.2, 0.25) is 0 Å². The Kier molecular flexibility index (Phi) is 4.73. The molecule has 0 aliphatic carbocycles. The lowest BCUT2D eigenvalue weighted by Gasteiger charge is -2.28. The number of fused-ring (bicyclic) bond motifs is 1. The number of piperazine rings is 1. The van der Waals surface area contributed by atoms with Crippen molar-refractivity contribution in [3.8, 4) is 0 Å². The van der Waals surface area contributed by atoms with Crippen LogP contribution >= 0.6 is 0 Å². The zero-order chi connectivity index (χ0) is 18.8. The SMILES string of the molecule is Cc1ccc(Cc2n[nH]c(=O)c3ccccc23)cc1C(=O)N1CCNCC1. The van der Waals surface area contributed by atoms with Crippen LogP contribution in [0.4, 0.5) is 0 Å². The molecule has 3 aromatic rings. The van der Waals surface area contributed by atoms with Gasteiger partial charge in [0.25, 0.3) is 11.5 Å². The highest BCUT2D eigenvalue weighted by Gasteiger charge is 2.20. The second-order valence-corrected chi connectivity index (χ2v) is 6.91. The van der Waals surface area contributed by atoms with Crippen molar-refractivity contribution in [1.82, 2.24) is 20.4 Å². The quantitative estimate of drug-likeness (QED) is 0.746. The van der Waals surface area contributed by atoms with E-state index in [9.17, 15) is 9.59 Å². The highest BCUT2D eigenvalue weighted by atomic mass is 16.2. The van der Waals surface area contributed by atoms with Gasteiger partial charge in [0.15, 0.2) is 0 Å². The number of aromatic amines is 1. The summed E-state index contributed by atoms with van der Waals surface area (Å²) < 4.78 is 0. The van der Waals surface area contributed by atoms with E-state index in [0.717, 1.165) is 53.9 Å². The van der Waals surface area contributed by atoms with Gasteiger partial charge < -0.3 is 10.2 Å². The molecule has 2 heterocycles. The molecule has 1 amide bonds. The highest BCUT2D eigenvalue weighted by molar-refractivity contribution is 5.96. The molecule has 138 valence electrons. The van der Waals surface area contributed by atoms with E-state index in [4.69, 9.17) is 0 Å². The Morgan fingerprint density at radius 3 is 2.63 bits per heavy atom. The standard InChI is InChI=1S/C21H22N4O2/c1-14-6-7-15(12-18(14)21(27)25-10-8-22-9-11-25)13-19-16-4-2-3-5-17(16)20(26)24-23-19/h2-7,12,22H,8-11,13H2,1H3,(H,24,26). The Labute approximate surface area is 157 Å². The summed E-state index contributed by atoms with van der Waals surface area (Å²) in [6.45, 7) is 5.09. The maximum absolute atomic E-state index is 12.9. The summed E-state index contributed by atoms with van der Waals surface area (Å²) in [5.41, 5.74) is 3.33. The van der Waals surface area contributed by atoms with Crippen LogP contribution < -0.4 is 10.9 Å². The summed E-state index contributed by atoms with van der Waals surface area (Å²) in [4.78, 5) is 26.8. The first-order valence-corrected chi connectivity index (χ1v) is 9.19. The van der Waals surface area contributed by atoms with Crippen LogP contribution in [0.5, 0.6) is 0 Å². The number of rotatable bonds is 3. The van der Waals surface area contributed by atoms with Crippen molar-refractivity contribution in [3.63, 3.8) is 0 Å². The second-order valence-electron chi connectivity index (χ2n) is 6.91. The maximum Gasteiger partial charge on any atom is 0.272 e. The minimum atomic E-state index is -0.187. The smallest absolute Gasteiger partial charge is 0.272 e. The number of nitrogens with zero attached hydrogens (tertiary/aromatic N) is 2. The number of aryl methyl sites for hydroxylation is 1. The van der Waals surface area contributed by atoms with Crippen molar-refractivity contribution in [2.45, 2.75) is 13.3 Å². The van der Waals surface area contributed by atoms with Gasteiger partial charge in [0.05, 0.1) is 11.1 Å². The van der Waals surface area contributed by atoms with Gasteiger partial charge in [0.1, 0.15) is 0 Å². The molecule has 0 unspecified atom stereocenters. The Bertz CT molecular complexity index is 1050. The van der Waals surface area contributed by atoms with Gasteiger partial charge in [0, 0.05) is 43.5 Å². The van der Waals surface area contributed by atoms with Crippen molar-refractivity contribution >= 4 is 16.7 Å². The zero-order valence-corrected chi connectivity index (χ0v) is 15.3. The summed E-state index contributed by atoms with van der Waals surface area (Å²) in [5.74, 6) is 0.0788. The molecule has 2 N–H and O–H groups in total. The van der Waals surface area contributed by atoms with E-state index >= 15 is 0 Å². The zero-order valence-electron chi connectivity index (χ0n) is 15.3. The van der Waals surface area contributed by atoms with Crippen LogP contribution in [0.25, 0.3) is 10.8 Å². The van der Waals surface area contributed by atoms with Crippen LogP contribution in [0.15, 0.2) is 47.3 Å². The van der Waals surface area contributed by atoms with Crippen LogP contribution in [-0.2, 0) is 6.42 Å². The minimum Gasteiger partial charge on any atom is -0.336 e. The highest BCUT2D eigenvalue weighted by Crippen LogP contribution is 2.19. The number of benzene rings is 2. The maximum atomic E-state index is 12.9. The predicted molar refractivity (Wildman–Crippen MR) is 105 cm³/mol. The molecule has 1 aromatic heterocycles. The number of carbonyl (C=O) groups excluding carboxylic acids is 1. The van der Waals surface area contributed by atoms with Gasteiger partial charge in [-0.15, -0.1) is 0 Å². The topological polar surface area (TPSA) is 78.1 Å². The number of aromatic nitrogens is 2. The molecule has 4 rings (SSSR count). The third kappa shape index (κ3) is 3.48. The third-order valence-corrected chi connectivity index (χ3v) is 5.08. The Morgan fingerprint density at radius 2 is 1.85 bits per heavy atom. The molecule has 2 aromatic carbocycles. The largest absolute Gasteiger partial charge is 0.336 e. The van der Waals surface area contributed by atoms with E-state index in [1.54, 1.807) is 6.07 Å². The van der Waals surface area contributed by atoms with E-state index in [0.29, 0.717) is 11.8 Å². The molecule has 6 nitrogen and oxygen atoms in total. The van der Waals surface area contributed by atoms with Crippen molar-refractivity contribution in [1.29, 1.82) is 0 Å². The fraction of sp³-hybridized carbons (Fsp3) is 0.286. The van der Waals surface area contributed by atoms with Crippen molar-refractivity contribution < 1.29 is 4.79 Å². The predicted octanol–water partition coefficient (Wildman–Crippen LogP) is 1.87. The van der Waals surface area contributed by atoms with E-state index in [2.05, 4.69) is 15.5 Å². The van der Waals surface area contributed by atoms with Gasteiger partial charge in [-0.1, -0.05) is 30.3 Å². The average Bonchev–Trinajstić information content (AvgIpc) is 2.72. The van der Waals surface area contributed by atoms with Gasteiger partial charge in [0.2, 0.25) is 0 Å². The molecule has 0 atom stereocenters. The first-order chi connectivity index (χ1) is 13.1. The lowest BCUT2D eigenvalue weighted by molar-refractivity contribution is 0.0735. The van der Waals surface area contributed by atoms with Crippen molar-refractivity contribution in [3.05, 3.63) is 75.2 Å². The molecule has 1 aliphatic heterocycles. The molecule has 0 bridgehead atoms. The number of hydrogen-bond donors (Lipinski definition) is 2. The number of amides is 1. The van der Waals surface area contributed by atoms with Gasteiger partial charge in [-0.2, -0.15) is 5.10 Å². The van der Waals surface area contributed by atoms with E-state index in [-0.39, 0.29) is 11.5 Å². The Balaban J connectivity index is 1.67. The third-order valence-electron chi connectivity index (χ3n) is 5.08. The van der Waals surface area contributed by atoms with Crippen LogP contribution in [0.3, 0.4) is 0 Å². The van der Waals surface area contributed by atoms with Gasteiger partial charge in [-0.05, 0) is 30.2 Å². The van der Waals surface area contributed by atoms with Gasteiger partial charge >= 0.3 is 0 Å². The molecule has 1 fully saturated rings. The first-order valence-electron chi connectivity index (χ1n) is 9.19. The summed E-state index contributed by atoms with van der Waals surface area (Å²) in [6, 6.07) is 13.4. The summed E-state index contributed by atoms with van der Waals surface area (Å²) in [6.07, 6.45) is 0.555. The molecule has 0 radical (unpaired) electrons. The molecule has 1 aliphatic rings. The van der Waals surface area contributed by atoms with Crippen molar-refractivity contribution in [2.75, 3.05) is 26.2 Å². The second kappa shape index (κ2) is 7.32. The van der Waals surface area contributed by atoms with Gasteiger partial charge in [-0.3, -0.25) is 9.59 Å². The molecule has 1 saturated heterocycles. The van der Waals surface area contributed by atoms with Crippen LogP contribution in [0.1, 0.15) is 27.2 Å². The molecule has 27 heavy (non-hydrogen) atoms. The molecular formula is C21H22N4O2. The molecule has 0 saturated carbocycles. The Hall–Kier alpha value is -2.99. The van der Waals surface area contributed by atoms with Crippen molar-refractivity contribution in [2.24, 2.45) is 0 Å². The van der Waals surface area contributed by atoms with Crippen LogP contribution in [0, 0.1) is 6.92 Å². The Morgan fingerprint density at radius 1 is 1.11 bits per heavy atom. The lowest BCUT2D eigenvalue weighted by Crippen LogP contribution is -2.46. The molecule has 0 spiro atoms. The van der Waals surface area contributed by atoms with E-state index in [1.165, 1.54) is 0 Å². The minimum absolute atomic E-state index is 0.0788. The van der Waals surface area contributed by atoms with Crippen LogP contribution in [-0.4, -0.2) is 47.2 Å². The number of nitrogens with one attached hydrogen (secondary N) is 2. The lowest BCUT2D eigenvalue weighted by atomic mass is 9.99. The summed E-state index contributed by atoms with van der Waals surface area (Å²) in [5, 5.41) is 11.6. The fourth-order valence-corrected chi connectivity index (χ4v) is 3.55. The summed E-state index contributed by atoms with van der Waals surface area (Å²) >= 11 is 0.